The highest BCUT2D eigenvalue weighted by atomic mass is 19.3. The van der Waals surface area contributed by atoms with E-state index in [1.54, 1.807) is 7.05 Å². The fourth-order valence-corrected chi connectivity index (χ4v) is 2.31. The Bertz CT molecular complexity index is 797. The second-order valence-electron chi connectivity index (χ2n) is 5.48. The number of nitrogens with one attached hydrogen (secondary N) is 2. The van der Waals surface area contributed by atoms with E-state index >= 15 is 0 Å². The summed E-state index contributed by atoms with van der Waals surface area (Å²) in [7, 11) is 1.63. The lowest BCUT2D eigenvalue weighted by Crippen LogP contribution is -2.32. The van der Waals surface area contributed by atoms with Gasteiger partial charge in [0.05, 0.1) is 24.5 Å². The van der Waals surface area contributed by atoms with Gasteiger partial charge in [-0.15, -0.1) is 0 Å². The van der Waals surface area contributed by atoms with Gasteiger partial charge in [0.2, 0.25) is 0 Å². The van der Waals surface area contributed by atoms with Crippen LogP contribution in [0.3, 0.4) is 0 Å². The zero-order valence-corrected chi connectivity index (χ0v) is 14.8. The van der Waals surface area contributed by atoms with E-state index in [-0.39, 0.29) is 18.1 Å². The highest BCUT2D eigenvalue weighted by Crippen LogP contribution is 2.25. The number of rotatable bonds is 8. The van der Waals surface area contributed by atoms with Crippen LogP contribution in [0.2, 0.25) is 0 Å². The summed E-state index contributed by atoms with van der Waals surface area (Å²) in [6.07, 6.45) is 1.10. The highest BCUT2D eigenvalue weighted by Gasteiger charge is 2.27. The fourth-order valence-electron chi connectivity index (χ4n) is 2.31. The van der Waals surface area contributed by atoms with Crippen LogP contribution in [-0.4, -0.2) is 40.7 Å². The molecule has 2 rings (SSSR count). The maximum atomic E-state index is 13.4. The van der Waals surface area contributed by atoms with E-state index in [0.29, 0.717) is 17.3 Å². The van der Waals surface area contributed by atoms with Crippen molar-refractivity contribution in [3.8, 4) is 5.75 Å². The Labute approximate surface area is 155 Å². The molecule has 0 aliphatic carbocycles. The summed E-state index contributed by atoms with van der Waals surface area (Å²) in [6.45, 7) is 1.08. The summed E-state index contributed by atoms with van der Waals surface area (Å²) in [5, 5.41) is 15.1. The first-order valence-electron chi connectivity index (χ1n) is 8.10. The number of alkyl halides is 2. The third kappa shape index (κ3) is 5.45. The number of amides is 1. The van der Waals surface area contributed by atoms with Crippen LogP contribution in [0.4, 0.5) is 14.5 Å². The number of allylic oxidation sites excluding steroid dienone is 1. The molecule has 0 aliphatic rings. The average Bonchev–Trinajstić information content (AvgIpc) is 2.66. The summed E-state index contributed by atoms with van der Waals surface area (Å²) in [6, 6.07) is 4.90. The molecule has 7 nitrogen and oxygen atoms in total. The predicted molar refractivity (Wildman–Crippen MR) is 95.7 cm³/mol. The molecule has 0 bridgehead atoms. The van der Waals surface area contributed by atoms with Gasteiger partial charge in [-0.2, -0.15) is 8.78 Å². The standard InChI is InChI=1S/C18H20F2N4O3/c1-3-8-18(19,20)27-13-6-4-12(5-7-13)15(10-25)24-17(26)16-14(21-2)9-22-11-23-16/h3-9,11,15,21,25H,10H2,1-2H3,(H,24,26)/b8-3+. The third-order valence-corrected chi connectivity index (χ3v) is 3.58. The Balaban J connectivity index is 2.12. The van der Waals surface area contributed by atoms with Crippen LogP contribution >= 0.6 is 0 Å². The normalized spacial score (nSPS) is 12.6. The number of carbonyl (C=O) groups excluding carboxylic acids is 1. The molecule has 0 spiro atoms. The van der Waals surface area contributed by atoms with Gasteiger partial charge in [0.1, 0.15) is 12.1 Å². The molecule has 1 unspecified atom stereocenters. The van der Waals surface area contributed by atoms with Crippen molar-refractivity contribution in [3.63, 3.8) is 0 Å². The Kier molecular flexibility index (Phi) is 6.78. The molecule has 27 heavy (non-hydrogen) atoms. The summed E-state index contributed by atoms with van der Waals surface area (Å²) >= 11 is 0. The largest absolute Gasteiger partial charge is 0.429 e. The predicted octanol–water partition coefficient (Wildman–Crippen LogP) is 2.53. The Morgan fingerprint density at radius 3 is 2.67 bits per heavy atom. The van der Waals surface area contributed by atoms with Crippen molar-refractivity contribution in [2.24, 2.45) is 0 Å². The zero-order valence-electron chi connectivity index (χ0n) is 14.8. The maximum Gasteiger partial charge on any atom is 0.419 e. The number of aromatic nitrogens is 2. The van der Waals surface area contributed by atoms with Crippen molar-refractivity contribution in [1.29, 1.82) is 0 Å². The minimum absolute atomic E-state index is 0.0434. The minimum Gasteiger partial charge on any atom is -0.429 e. The number of hydrogen-bond acceptors (Lipinski definition) is 6. The monoisotopic (exact) mass is 378 g/mol. The molecule has 1 aromatic heterocycles. The van der Waals surface area contributed by atoms with E-state index in [1.807, 2.05) is 0 Å². The molecule has 1 amide bonds. The van der Waals surface area contributed by atoms with Crippen LogP contribution in [0.5, 0.6) is 5.75 Å². The number of aliphatic hydroxyl groups excluding tert-OH is 1. The molecular weight excluding hydrogens is 358 g/mol. The molecule has 2 aromatic rings. The molecule has 9 heteroatoms. The Hall–Kier alpha value is -3.07. The van der Waals surface area contributed by atoms with Gasteiger partial charge in [-0.25, -0.2) is 9.97 Å². The van der Waals surface area contributed by atoms with E-state index in [0.717, 1.165) is 0 Å². The first kappa shape index (κ1) is 20.2. The van der Waals surface area contributed by atoms with Gasteiger partial charge >= 0.3 is 6.11 Å². The smallest absolute Gasteiger partial charge is 0.419 e. The molecule has 1 atom stereocenters. The summed E-state index contributed by atoms with van der Waals surface area (Å²) in [4.78, 5) is 20.2. The lowest BCUT2D eigenvalue weighted by Gasteiger charge is -2.18. The van der Waals surface area contributed by atoms with E-state index in [2.05, 4.69) is 25.3 Å². The number of hydrogen-bond donors (Lipinski definition) is 3. The van der Waals surface area contributed by atoms with Gasteiger partial charge in [-0.05, 0) is 24.6 Å². The molecule has 0 saturated carbocycles. The lowest BCUT2D eigenvalue weighted by molar-refractivity contribution is -0.131. The molecule has 0 radical (unpaired) electrons. The SMILES string of the molecule is C/C=C/C(F)(F)Oc1ccc(C(CO)NC(=O)c2ncncc2NC)cc1. The van der Waals surface area contributed by atoms with E-state index in [1.165, 1.54) is 49.8 Å². The second-order valence-corrected chi connectivity index (χ2v) is 5.48. The van der Waals surface area contributed by atoms with Crippen LogP contribution in [-0.2, 0) is 0 Å². The number of anilines is 1. The van der Waals surface area contributed by atoms with Gasteiger partial charge < -0.3 is 20.5 Å². The molecule has 0 fully saturated rings. The van der Waals surface area contributed by atoms with Gasteiger partial charge in [0, 0.05) is 13.1 Å². The molecule has 144 valence electrons. The number of halogens is 2. The number of nitrogens with zero attached hydrogens (tertiary/aromatic N) is 2. The van der Waals surface area contributed by atoms with E-state index in [4.69, 9.17) is 0 Å². The molecule has 0 saturated heterocycles. The van der Waals surface area contributed by atoms with Gasteiger partial charge in [0.15, 0.2) is 5.69 Å². The average molecular weight is 378 g/mol. The quantitative estimate of drug-likeness (QED) is 0.611. The van der Waals surface area contributed by atoms with Gasteiger partial charge in [0.25, 0.3) is 5.91 Å². The van der Waals surface area contributed by atoms with Crippen molar-refractivity contribution in [1.82, 2.24) is 15.3 Å². The van der Waals surface area contributed by atoms with Crippen molar-refractivity contribution in [3.05, 3.63) is 60.2 Å². The number of ether oxygens (including phenoxy) is 1. The maximum absolute atomic E-state index is 13.4. The van der Waals surface area contributed by atoms with Crippen LogP contribution in [0.25, 0.3) is 0 Å². The van der Waals surface area contributed by atoms with E-state index < -0.39 is 18.1 Å². The van der Waals surface area contributed by atoms with E-state index in [9.17, 15) is 18.7 Å². The molecule has 3 N–H and O–H groups in total. The van der Waals surface area contributed by atoms with Gasteiger partial charge in [-0.1, -0.05) is 18.2 Å². The first-order chi connectivity index (χ1) is 12.9. The van der Waals surface area contributed by atoms with Crippen molar-refractivity contribution in [2.75, 3.05) is 19.0 Å². The Morgan fingerprint density at radius 1 is 1.37 bits per heavy atom. The zero-order chi connectivity index (χ0) is 19.9. The van der Waals surface area contributed by atoms with Crippen molar-refractivity contribution < 1.29 is 23.4 Å². The second kappa shape index (κ2) is 9.04. The van der Waals surface area contributed by atoms with Crippen LogP contribution in [0.1, 0.15) is 29.0 Å². The topological polar surface area (TPSA) is 96.4 Å². The van der Waals surface area contributed by atoms with Crippen LogP contribution < -0.4 is 15.4 Å². The summed E-state index contributed by atoms with van der Waals surface area (Å²) in [5.74, 6) is -0.557. The van der Waals surface area contributed by atoms with Crippen molar-refractivity contribution >= 4 is 11.6 Å². The number of carbonyl (C=O) groups is 1. The molecule has 1 aromatic carbocycles. The van der Waals surface area contributed by atoms with Crippen LogP contribution in [0.15, 0.2) is 48.9 Å². The highest BCUT2D eigenvalue weighted by molar-refractivity contribution is 5.97. The molecule has 1 heterocycles. The lowest BCUT2D eigenvalue weighted by atomic mass is 10.1. The summed E-state index contributed by atoms with van der Waals surface area (Å²) in [5.41, 5.74) is 1.08. The Morgan fingerprint density at radius 2 is 2.07 bits per heavy atom. The molecular formula is C18H20F2N4O3. The first-order valence-corrected chi connectivity index (χ1v) is 8.10. The van der Waals surface area contributed by atoms with Crippen molar-refractivity contribution in [2.45, 2.75) is 19.1 Å². The third-order valence-electron chi connectivity index (χ3n) is 3.58. The number of benzene rings is 1. The van der Waals surface area contributed by atoms with Crippen LogP contribution in [0, 0.1) is 0 Å². The van der Waals surface area contributed by atoms with Gasteiger partial charge in [-0.3, -0.25) is 4.79 Å². The summed E-state index contributed by atoms with van der Waals surface area (Å²) < 4.78 is 31.5. The minimum atomic E-state index is -3.42. The number of aliphatic hydroxyl groups is 1. The molecule has 0 aliphatic heterocycles. The fraction of sp³-hybridized carbons (Fsp3) is 0.278.